The molecule has 0 radical (unpaired) electrons. The summed E-state index contributed by atoms with van der Waals surface area (Å²) in [6, 6.07) is 2.14. The van der Waals surface area contributed by atoms with Crippen molar-refractivity contribution < 1.29 is 23.0 Å². The molecule has 1 aromatic carbocycles. The first-order chi connectivity index (χ1) is 10.5. The van der Waals surface area contributed by atoms with Gasteiger partial charge in [0.2, 0.25) is 0 Å². The van der Waals surface area contributed by atoms with Gasteiger partial charge in [-0.25, -0.2) is 8.78 Å². The largest absolute Gasteiger partial charge is 0.493 e. The van der Waals surface area contributed by atoms with E-state index in [1.165, 1.54) is 7.11 Å². The van der Waals surface area contributed by atoms with Crippen molar-refractivity contribution in [1.29, 1.82) is 0 Å². The monoisotopic (exact) mass is 311 g/mol. The number of carbonyl (C=O) groups is 1. The summed E-state index contributed by atoms with van der Waals surface area (Å²) in [7, 11) is 3.31. The van der Waals surface area contributed by atoms with Crippen LogP contribution in [0.25, 0.3) is 0 Å². The van der Waals surface area contributed by atoms with Crippen LogP contribution in [0.1, 0.15) is 23.2 Å². The van der Waals surface area contributed by atoms with Gasteiger partial charge in [0.1, 0.15) is 5.82 Å². The maximum atomic E-state index is 13.8. The fourth-order valence-corrected chi connectivity index (χ4v) is 3.48. The molecule has 2 unspecified atom stereocenters. The van der Waals surface area contributed by atoms with Crippen LogP contribution in [0, 0.1) is 17.6 Å². The Labute approximate surface area is 128 Å². The number of morpholine rings is 1. The van der Waals surface area contributed by atoms with Gasteiger partial charge in [0.25, 0.3) is 0 Å². The van der Waals surface area contributed by atoms with Crippen molar-refractivity contribution in [3.05, 3.63) is 29.3 Å². The summed E-state index contributed by atoms with van der Waals surface area (Å²) in [6.07, 6.45) is 1.26. The Balaban J connectivity index is 1.89. The summed E-state index contributed by atoms with van der Waals surface area (Å²) < 4.78 is 37.8. The summed E-state index contributed by atoms with van der Waals surface area (Å²) in [6.45, 7) is 1.18. The minimum Gasteiger partial charge on any atom is -0.493 e. The number of benzene rings is 1. The minimum atomic E-state index is -0.845. The molecule has 3 rings (SSSR count). The van der Waals surface area contributed by atoms with E-state index >= 15 is 0 Å². The van der Waals surface area contributed by atoms with Gasteiger partial charge < -0.3 is 9.47 Å². The topological polar surface area (TPSA) is 38.8 Å². The smallest absolute Gasteiger partial charge is 0.170 e. The molecule has 0 saturated carbocycles. The van der Waals surface area contributed by atoms with Crippen LogP contribution < -0.4 is 4.74 Å². The molecule has 120 valence electrons. The van der Waals surface area contributed by atoms with Crippen molar-refractivity contribution in [1.82, 2.24) is 4.90 Å². The molecule has 2 saturated heterocycles. The summed E-state index contributed by atoms with van der Waals surface area (Å²) in [5.41, 5.74) is -0.00598. The summed E-state index contributed by atoms with van der Waals surface area (Å²) >= 11 is 0. The van der Waals surface area contributed by atoms with E-state index in [9.17, 15) is 13.6 Å². The second-order valence-electron chi connectivity index (χ2n) is 6.01. The van der Waals surface area contributed by atoms with Gasteiger partial charge in [0, 0.05) is 24.1 Å². The zero-order valence-electron chi connectivity index (χ0n) is 12.6. The molecule has 0 amide bonds. The number of ketones is 1. The molecule has 2 aliphatic rings. The molecule has 2 heterocycles. The van der Waals surface area contributed by atoms with Gasteiger partial charge in [0.15, 0.2) is 17.3 Å². The SMILES string of the molecule is COc1c(F)cc(F)cc1C(=O)C1CC2COCC(C1)N2C. The van der Waals surface area contributed by atoms with Crippen LogP contribution in [0.2, 0.25) is 0 Å². The molecule has 2 atom stereocenters. The molecule has 0 aliphatic carbocycles. The number of likely N-dealkylation sites (N-methyl/N-ethyl adjacent to an activating group) is 1. The van der Waals surface area contributed by atoms with Gasteiger partial charge in [-0.1, -0.05) is 0 Å². The Morgan fingerprint density at radius 3 is 2.50 bits per heavy atom. The second kappa shape index (κ2) is 5.93. The number of nitrogens with zero attached hydrogens (tertiary/aromatic N) is 1. The number of hydrogen-bond acceptors (Lipinski definition) is 4. The number of rotatable bonds is 3. The van der Waals surface area contributed by atoms with Crippen LogP contribution in [-0.4, -0.2) is 50.1 Å². The lowest BCUT2D eigenvalue weighted by Gasteiger charge is -2.46. The van der Waals surface area contributed by atoms with Crippen molar-refractivity contribution in [2.75, 3.05) is 27.4 Å². The van der Waals surface area contributed by atoms with Gasteiger partial charge in [-0.3, -0.25) is 9.69 Å². The number of fused-ring (bicyclic) bond motifs is 2. The van der Waals surface area contributed by atoms with Crippen molar-refractivity contribution in [3.63, 3.8) is 0 Å². The minimum absolute atomic E-state index is 0.00598. The normalized spacial score (nSPS) is 28.5. The lowest BCUT2D eigenvalue weighted by Crippen LogP contribution is -2.55. The van der Waals surface area contributed by atoms with E-state index in [1.807, 2.05) is 7.05 Å². The van der Waals surface area contributed by atoms with Gasteiger partial charge in [-0.15, -0.1) is 0 Å². The van der Waals surface area contributed by atoms with Crippen LogP contribution in [0.3, 0.4) is 0 Å². The Bertz CT molecular complexity index is 579. The van der Waals surface area contributed by atoms with E-state index < -0.39 is 11.6 Å². The zero-order valence-corrected chi connectivity index (χ0v) is 12.6. The third-order valence-electron chi connectivity index (χ3n) is 4.73. The van der Waals surface area contributed by atoms with Crippen LogP contribution >= 0.6 is 0 Å². The number of Topliss-reactive ketones (excluding diaryl/α,β-unsaturated/α-hetero) is 1. The zero-order chi connectivity index (χ0) is 15.9. The van der Waals surface area contributed by atoms with E-state index in [-0.39, 0.29) is 35.1 Å². The van der Waals surface area contributed by atoms with Crippen molar-refractivity contribution in [2.45, 2.75) is 24.9 Å². The Hall–Kier alpha value is -1.53. The number of halogens is 2. The third kappa shape index (κ3) is 2.61. The van der Waals surface area contributed by atoms with E-state index in [1.54, 1.807) is 0 Å². The molecule has 2 fully saturated rings. The highest BCUT2D eigenvalue weighted by atomic mass is 19.1. The first kappa shape index (κ1) is 15.4. The highest BCUT2D eigenvalue weighted by molar-refractivity contribution is 6.00. The Morgan fingerprint density at radius 1 is 1.27 bits per heavy atom. The summed E-state index contributed by atoms with van der Waals surface area (Å²) in [5, 5.41) is 0. The van der Waals surface area contributed by atoms with E-state index in [2.05, 4.69) is 4.90 Å². The molecular weight excluding hydrogens is 292 g/mol. The van der Waals surface area contributed by atoms with Crippen LogP contribution in [0.5, 0.6) is 5.75 Å². The van der Waals surface area contributed by atoms with Crippen LogP contribution in [0.15, 0.2) is 12.1 Å². The van der Waals surface area contributed by atoms with Crippen LogP contribution in [-0.2, 0) is 4.74 Å². The molecule has 0 aromatic heterocycles. The molecule has 2 bridgehead atoms. The van der Waals surface area contributed by atoms with Crippen molar-refractivity contribution in [3.8, 4) is 5.75 Å². The fraction of sp³-hybridized carbons (Fsp3) is 0.562. The van der Waals surface area contributed by atoms with Gasteiger partial charge in [-0.2, -0.15) is 0 Å². The number of piperidine rings is 1. The molecule has 0 spiro atoms. The molecule has 4 nitrogen and oxygen atoms in total. The highest BCUT2D eigenvalue weighted by Gasteiger charge is 2.40. The highest BCUT2D eigenvalue weighted by Crippen LogP contribution is 2.35. The van der Waals surface area contributed by atoms with Gasteiger partial charge in [0.05, 0.1) is 25.9 Å². The standard InChI is InChI=1S/C16H19F2NO3/c1-19-11-3-9(4-12(19)8-22-7-11)15(20)13-5-10(17)6-14(18)16(13)21-2/h5-6,9,11-12H,3-4,7-8H2,1-2H3. The predicted molar refractivity (Wildman–Crippen MR) is 76.1 cm³/mol. The molecule has 6 heteroatoms. The number of hydrogen-bond donors (Lipinski definition) is 0. The maximum absolute atomic E-state index is 13.8. The number of carbonyl (C=O) groups excluding carboxylic acids is 1. The molecular formula is C16H19F2NO3. The first-order valence-electron chi connectivity index (χ1n) is 7.38. The number of methoxy groups -OCH3 is 1. The average molecular weight is 311 g/mol. The van der Waals surface area contributed by atoms with E-state index in [0.29, 0.717) is 26.1 Å². The quantitative estimate of drug-likeness (QED) is 0.803. The molecule has 1 aromatic rings. The Kier molecular flexibility index (Phi) is 4.14. The fourth-order valence-electron chi connectivity index (χ4n) is 3.48. The first-order valence-corrected chi connectivity index (χ1v) is 7.38. The summed E-state index contributed by atoms with van der Waals surface area (Å²) in [4.78, 5) is 15.0. The molecule has 0 N–H and O–H groups in total. The van der Waals surface area contributed by atoms with Crippen molar-refractivity contribution >= 4 is 5.78 Å². The lowest BCUT2D eigenvalue weighted by molar-refractivity contribution is -0.0702. The van der Waals surface area contributed by atoms with Crippen LogP contribution in [0.4, 0.5) is 8.78 Å². The number of ether oxygens (including phenoxy) is 2. The predicted octanol–water partition coefficient (Wildman–Crippen LogP) is 2.27. The van der Waals surface area contributed by atoms with E-state index in [4.69, 9.17) is 9.47 Å². The molecule has 22 heavy (non-hydrogen) atoms. The average Bonchev–Trinajstić information content (AvgIpc) is 2.45. The third-order valence-corrected chi connectivity index (χ3v) is 4.73. The summed E-state index contributed by atoms with van der Waals surface area (Å²) in [5.74, 6) is -2.29. The maximum Gasteiger partial charge on any atom is 0.170 e. The lowest BCUT2D eigenvalue weighted by atomic mass is 9.81. The van der Waals surface area contributed by atoms with Gasteiger partial charge in [-0.05, 0) is 26.0 Å². The second-order valence-corrected chi connectivity index (χ2v) is 6.01. The molecule has 2 aliphatic heterocycles. The Morgan fingerprint density at radius 2 is 1.91 bits per heavy atom. The van der Waals surface area contributed by atoms with E-state index in [0.717, 1.165) is 12.1 Å². The van der Waals surface area contributed by atoms with Crippen molar-refractivity contribution in [2.24, 2.45) is 5.92 Å². The van der Waals surface area contributed by atoms with Gasteiger partial charge >= 0.3 is 0 Å².